The number of halogens is 1. The van der Waals surface area contributed by atoms with Gasteiger partial charge in [-0.15, -0.1) is 24.0 Å². The maximum Gasteiger partial charge on any atom is 0.194 e. The first kappa shape index (κ1) is 22.4. The van der Waals surface area contributed by atoms with Crippen LogP contribution < -0.4 is 5.32 Å². The molecule has 5 nitrogen and oxygen atoms in total. The molecule has 0 aliphatic carbocycles. The van der Waals surface area contributed by atoms with Gasteiger partial charge in [-0.2, -0.15) is 0 Å². The van der Waals surface area contributed by atoms with Crippen LogP contribution in [-0.2, 0) is 0 Å². The molecule has 1 aliphatic heterocycles. The summed E-state index contributed by atoms with van der Waals surface area (Å²) in [5.74, 6) is 0.879. The fourth-order valence-corrected chi connectivity index (χ4v) is 3.22. The first-order chi connectivity index (χ1) is 13.3. The van der Waals surface area contributed by atoms with Crippen molar-refractivity contribution < 1.29 is 5.11 Å². The number of nitrogens with one attached hydrogen (secondary N) is 1. The van der Waals surface area contributed by atoms with Crippen LogP contribution in [0.25, 0.3) is 6.08 Å². The number of aliphatic imine (C=N–C) groups is 1. The van der Waals surface area contributed by atoms with Gasteiger partial charge in [-0.25, -0.2) is 0 Å². The van der Waals surface area contributed by atoms with Crippen LogP contribution in [0.15, 0.2) is 65.4 Å². The van der Waals surface area contributed by atoms with E-state index in [0.717, 1.165) is 44.0 Å². The number of rotatable bonds is 5. The summed E-state index contributed by atoms with van der Waals surface area (Å²) in [6, 6.07) is 14.1. The topological polar surface area (TPSA) is 60.8 Å². The lowest BCUT2D eigenvalue weighted by atomic mass is 10.0. The lowest BCUT2D eigenvalue weighted by Crippen LogP contribution is -2.44. The molecule has 2 N–H and O–H groups in total. The molecule has 0 bridgehead atoms. The second-order valence-electron chi connectivity index (χ2n) is 6.69. The number of piperidine rings is 1. The van der Waals surface area contributed by atoms with Crippen molar-refractivity contribution in [3.8, 4) is 0 Å². The van der Waals surface area contributed by atoms with Crippen LogP contribution in [0.2, 0.25) is 0 Å². The van der Waals surface area contributed by atoms with E-state index in [1.54, 1.807) is 12.4 Å². The highest BCUT2D eigenvalue weighted by Crippen LogP contribution is 2.20. The minimum Gasteiger partial charge on any atom is -0.386 e. The van der Waals surface area contributed by atoms with Crippen molar-refractivity contribution in [2.45, 2.75) is 25.9 Å². The maximum atomic E-state index is 10.4. The van der Waals surface area contributed by atoms with Crippen molar-refractivity contribution in [3.63, 3.8) is 0 Å². The van der Waals surface area contributed by atoms with Gasteiger partial charge in [0.2, 0.25) is 0 Å². The van der Waals surface area contributed by atoms with E-state index in [1.165, 1.54) is 11.1 Å². The first-order valence-corrected chi connectivity index (χ1v) is 9.62. The van der Waals surface area contributed by atoms with E-state index in [9.17, 15) is 5.11 Å². The zero-order valence-corrected chi connectivity index (χ0v) is 18.6. The Morgan fingerprint density at radius 2 is 1.86 bits per heavy atom. The Morgan fingerprint density at radius 1 is 1.18 bits per heavy atom. The van der Waals surface area contributed by atoms with Crippen LogP contribution in [-0.4, -0.2) is 47.1 Å². The molecule has 2 aromatic rings. The quantitative estimate of drug-likeness (QED) is 0.378. The Hall–Kier alpha value is -1.93. The predicted molar refractivity (Wildman–Crippen MR) is 126 cm³/mol. The minimum atomic E-state index is -0.611. The molecular formula is C22H29IN4O. The molecule has 1 fully saturated rings. The van der Waals surface area contributed by atoms with E-state index in [4.69, 9.17) is 0 Å². The molecule has 1 atom stereocenters. The van der Waals surface area contributed by atoms with Gasteiger partial charge in [0.25, 0.3) is 0 Å². The van der Waals surface area contributed by atoms with Gasteiger partial charge < -0.3 is 15.3 Å². The van der Waals surface area contributed by atoms with Crippen LogP contribution in [0.5, 0.6) is 0 Å². The number of guanidine groups is 1. The third-order valence-electron chi connectivity index (χ3n) is 4.72. The lowest BCUT2D eigenvalue weighted by Gasteiger charge is -2.31. The Kier molecular flexibility index (Phi) is 9.43. The number of aliphatic hydroxyl groups is 1. The molecular weight excluding hydrogens is 463 g/mol. The molecule has 1 aromatic carbocycles. The average molecular weight is 492 g/mol. The largest absolute Gasteiger partial charge is 0.386 e. The molecule has 0 radical (unpaired) electrons. The van der Waals surface area contributed by atoms with Crippen molar-refractivity contribution in [1.82, 2.24) is 15.2 Å². The van der Waals surface area contributed by atoms with Gasteiger partial charge >= 0.3 is 0 Å². The number of aromatic nitrogens is 1. The summed E-state index contributed by atoms with van der Waals surface area (Å²) >= 11 is 0. The van der Waals surface area contributed by atoms with Crippen LogP contribution in [0, 0.1) is 0 Å². The van der Waals surface area contributed by atoms with E-state index >= 15 is 0 Å². The molecule has 1 unspecified atom stereocenters. The number of hydrogen-bond acceptors (Lipinski definition) is 3. The maximum absolute atomic E-state index is 10.4. The number of benzene rings is 1. The molecule has 150 valence electrons. The molecule has 2 heterocycles. The lowest BCUT2D eigenvalue weighted by molar-refractivity contribution is 0.186. The fraction of sp³-hybridized carbons (Fsp3) is 0.364. The number of nitrogens with zero attached hydrogens (tertiary/aromatic N) is 3. The third kappa shape index (κ3) is 6.60. The highest BCUT2D eigenvalue weighted by atomic mass is 127. The van der Waals surface area contributed by atoms with E-state index < -0.39 is 6.10 Å². The summed E-state index contributed by atoms with van der Waals surface area (Å²) in [6.07, 6.45) is 7.14. The highest BCUT2D eigenvalue weighted by Gasteiger charge is 2.18. The van der Waals surface area contributed by atoms with Crippen molar-refractivity contribution in [3.05, 3.63) is 71.6 Å². The zero-order chi connectivity index (χ0) is 18.9. The van der Waals surface area contributed by atoms with Gasteiger partial charge in [-0.05, 0) is 43.0 Å². The Labute approximate surface area is 184 Å². The van der Waals surface area contributed by atoms with E-state index in [2.05, 4.69) is 57.5 Å². The average Bonchev–Trinajstić information content (AvgIpc) is 2.73. The Balaban J connectivity index is 0.00000280. The van der Waals surface area contributed by atoms with E-state index in [0.29, 0.717) is 6.54 Å². The third-order valence-corrected chi connectivity index (χ3v) is 4.72. The van der Waals surface area contributed by atoms with E-state index in [-0.39, 0.29) is 24.0 Å². The molecule has 1 aliphatic rings. The second kappa shape index (κ2) is 11.8. The summed E-state index contributed by atoms with van der Waals surface area (Å²) in [5, 5.41) is 13.7. The normalized spacial score (nSPS) is 15.6. The molecule has 1 saturated heterocycles. The molecule has 0 saturated carbocycles. The van der Waals surface area contributed by atoms with Crippen molar-refractivity contribution in [2.24, 2.45) is 4.99 Å². The molecule has 28 heavy (non-hydrogen) atoms. The predicted octanol–water partition coefficient (Wildman–Crippen LogP) is 3.88. The highest BCUT2D eigenvalue weighted by molar-refractivity contribution is 14.0. The molecule has 1 aromatic heterocycles. The van der Waals surface area contributed by atoms with Gasteiger partial charge in [-0.3, -0.25) is 9.98 Å². The summed E-state index contributed by atoms with van der Waals surface area (Å²) < 4.78 is 0. The Bertz CT molecular complexity index is 755. The van der Waals surface area contributed by atoms with Gasteiger partial charge in [-0.1, -0.05) is 42.0 Å². The monoisotopic (exact) mass is 492 g/mol. The summed E-state index contributed by atoms with van der Waals surface area (Å²) in [5.41, 5.74) is 3.59. The van der Waals surface area contributed by atoms with Gasteiger partial charge in [0.05, 0.1) is 12.6 Å². The van der Waals surface area contributed by atoms with Crippen LogP contribution >= 0.6 is 24.0 Å². The number of aliphatic hydroxyl groups excluding tert-OH is 1. The van der Waals surface area contributed by atoms with Crippen molar-refractivity contribution in [1.29, 1.82) is 0 Å². The smallest absolute Gasteiger partial charge is 0.194 e. The number of likely N-dealkylation sites (tertiary alicyclic amines) is 1. The van der Waals surface area contributed by atoms with Gasteiger partial charge in [0.1, 0.15) is 0 Å². The van der Waals surface area contributed by atoms with E-state index in [1.807, 2.05) is 18.2 Å². The second-order valence-corrected chi connectivity index (χ2v) is 6.69. The first-order valence-electron chi connectivity index (χ1n) is 9.62. The summed E-state index contributed by atoms with van der Waals surface area (Å²) in [4.78, 5) is 10.9. The van der Waals surface area contributed by atoms with Crippen LogP contribution in [0.1, 0.15) is 37.0 Å². The van der Waals surface area contributed by atoms with Crippen molar-refractivity contribution >= 4 is 36.0 Å². The van der Waals surface area contributed by atoms with Gasteiger partial charge in [0.15, 0.2) is 5.96 Å². The summed E-state index contributed by atoms with van der Waals surface area (Å²) in [6.45, 7) is 5.11. The van der Waals surface area contributed by atoms with Crippen LogP contribution in [0.3, 0.4) is 0 Å². The molecule has 0 spiro atoms. The molecule has 0 amide bonds. The van der Waals surface area contributed by atoms with Crippen molar-refractivity contribution in [2.75, 3.05) is 26.2 Å². The summed E-state index contributed by atoms with van der Waals surface area (Å²) in [7, 11) is 0. The standard InChI is InChI=1S/C22H28N4O.HI/c1-2-24-22(25-17-21(27)20-8-12-23-13-9-20)26-14-10-19(11-15-26)16-18-6-4-3-5-7-18;/h3-9,12-13,16,21,27H,2,10-11,14-15,17H2,1H3,(H,24,25);1H. The van der Waals surface area contributed by atoms with Crippen LogP contribution in [0.4, 0.5) is 0 Å². The SMILES string of the molecule is CCNC(=NCC(O)c1ccncc1)N1CCC(=Cc2ccccc2)CC1.I. The number of hydrogen-bond donors (Lipinski definition) is 2. The fourth-order valence-electron chi connectivity index (χ4n) is 3.22. The Morgan fingerprint density at radius 3 is 2.50 bits per heavy atom. The molecule has 6 heteroatoms. The number of pyridine rings is 1. The molecule has 3 rings (SSSR count). The zero-order valence-electron chi connectivity index (χ0n) is 16.3. The minimum absolute atomic E-state index is 0. The van der Waals surface area contributed by atoms with Gasteiger partial charge in [0, 0.05) is 32.0 Å².